The molecule has 5 nitrogen and oxygen atoms in total. The van der Waals surface area contributed by atoms with E-state index < -0.39 is 0 Å². The van der Waals surface area contributed by atoms with Crippen molar-refractivity contribution in [2.75, 3.05) is 6.54 Å². The number of carbonyl (C=O) groups is 2. The Morgan fingerprint density at radius 3 is 2.44 bits per heavy atom. The summed E-state index contributed by atoms with van der Waals surface area (Å²) in [7, 11) is 0. The van der Waals surface area contributed by atoms with Crippen LogP contribution < -0.4 is 10.8 Å². The molecule has 2 amide bonds. The van der Waals surface area contributed by atoms with Gasteiger partial charge in [-0.2, -0.15) is 0 Å². The highest BCUT2D eigenvalue weighted by Crippen LogP contribution is 2.23. The second-order valence-corrected chi connectivity index (χ2v) is 7.49. The minimum atomic E-state index is -0.380. The van der Waals surface area contributed by atoms with Gasteiger partial charge in [-0.25, -0.2) is 5.48 Å². The third-order valence-electron chi connectivity index (χ3n) is 4.14. The van der Waals surface area contributed by atoms with Gasteiger partial charge in [0.15, 0.2) is 0 Å². The Morgan fingerprint density at radius 2 is 1.81 bits per heavy atom. The van der Waals surface area contributed by atoms with E-state index in [4.69, 9.17) is 5.21 Å². The van der Waals surface area contributed by atoms with Crippen LogP contribution in [0.4, 0.5) is 0 Å². The van der Waals surface area contributed by atoms with Crippen molar-refractivity contribution in [3.05, 3.63) is 57.3 Å². The summed E-state index contributed by atoms with van der Waals surface area (Å²) in [6, 6.07) is 10.0. The molecule has 0 unspecified atom stereocenters. The summed E-state index contributed by atoms with van der Waals surface area (Å²) >= 11 is 1.62. The topological polar surface area (TPSA) is 78.4 Å². The Morgan fingerprint density at radius 1 is 1.07 bits per heavy atom. The van der Waals surface area contributed by atoms with Gasteiger partial charge < -0.3 is 5.32 Å². The average molecular weight is 387 g/mol. The van der Waals surface area contributed by atoms with Crippen molar-refractivity contribution in [2.45, 2.75) is 39.5 Å². The van der Waals surface area contributed by atoms with Crippen LogP contribution in [-0.4, -0.2) is 23.6 Å². The lowest BCUT2D eigenvalue weighted by Gasteiger charge is -2.10. The van der Waals surface area contributed by atoms with E-state index in [1.54, 1.807) is 16.8 Å². The lowest BCUT2D eigenvalue weighted by molar-refractivity contribution is -0.129. The molecule has 0 spiro atoms. The summed E-state index contributed by atoms with van der Waals surface area (Å²) in [5, 5.41) is 13.5. The van der Waals surface area contributed by atoms with Gasteiger partial charge in [0, 0.05) is 23.4 Å². The van der Waals surface area contributed by atoms with Gasteiger partial charge in [-0.15, -0.1) is 11.3 Å². The fourth-order valence-electron chi connectivity index (χ4n) is 2.62. The third-order valence-corrected chi connectivity index (χ3v) is 5.13. The van der Waals surface area contributed by atoms with Crippen LogP contribution in [0.1, 0.15) is 47.3 Å². The van der Waals surface area contributed by atoms with Crippen molar-refractivity contribution in [3.8, 4) is 0 Å². The minimum absolute atomic E-state index is 0.0991. The van der Waals surface area contributed by atoms with Crippen LogP contribution in [0.3, 0.4) is 0 Å². The number of aryl methyl sites for hydroxylation is 2. The third kappa shape index (κ3) is 7.00. The summed E-state index contributed by atoms with van der Waals surface area (Å²) in [4.78, 5) is 24.8. The van der Waals surface area contributed by atoms with Crippen LogP contribution in [0.2, 0.25) is 0 Å². The van der Waals surface area contributed by atoms with E-state index >= 15 is 0 Å². The number of rotatable bonds is 9. The van der Waals surface area contributed by atoms with Gasteiger partial charge >= 0.3 is 0 Å². The molecule has 0 aliphatic heterocycles. The first-order chi connectivity index (χ1) is 13.0. The predicted molar refractivity (Wildman–Crippen MR) is 110 cm³/mol. The zero-order valence-corrected chi connectivity index (χ0v) is 16.6. The number of carbonyl (C=O) groups excluding carboxylic acids is 2. The van der Waals surface area contributed by atoms with Crippen LogP contribution in [0, 0.1) is 13.8 Å². The summed E-state index contributed by atoms with van der Waals surface area (Å²) in [6.07, 6.45) is 4.49. The molecular formula is C21H26N2O3S. The lowest BCUT2D eigenvalue weighted by atomic mass is 10.0. The molecule has 3 N–H and O–H groups in total. The summed E-state index contributed by atoms with van der Waals surface area (Å²) in [5.74, 6) is -0.479. The quantitative estimate of drug-likeness (QED) is 0.263. The molecule has 0 aliphatic rings. The maximum absolute atomic E-state index is 12.8. The number of unbranched alkanes of at least 4 members (excludes halogenated alkanes) is 2. The van der Waals surface area contributed by atoms with Crippen molar-refractivity contribution in [1.29, 1.82) is 0 Å². The lowest BCUT2D eigenvalue weighted by Crippen LogP contribution is -2.25. The second-order valence-electron chi connectivity index (χ2n) is 6.55. The van der Waals surface area contributed by atoms with Gasteiger partial charge in [-0.1, -0.05) is 36.2 Å². The molecule has 1 heterocycles. The molecule has 0 aliphatic carbocycles. The number of benzene rings is 1. The molecule has 6 heteroatoms. The molecule has 2 aromatic rings. The zero-order valence-electron chi connectivity index (χ0n) is 15.7. The standard InChI is InChI=1S/C21H26N2O3S/c1-15-7-9-17(10-8-15)19(13-18-12-16(2)14-27-18)21(25)22-11-5-3-4-6-20(24)23-26/h7-10,12-14,26H,3-6,11H2,1-2H3,(H,22,25)(H,23,24). The monoisotopic (exact) mass is 386 g/mol. The largest absolute Gasteiger partial charge is 0.352 e. The molecule has 0 bridgehead atoms. The number of amides is 2. The van der Waals surface area contributed by atoms with Gasteiger partial charge in [-0.3, -0.25) is 14.8 Å². The molecule has 144 valence electrons. The van der Waals surface area contributed by atoms with Gasteiger partial charge in [0.25, 0.3) is 5.91 Å². The molecule has 0 atom stereocenters. The predicted octanol–water partition coefficient (Wildman–Crippen LogP) is 4.09. The molecular weight excluding hydrogens is 360 g/mol. The molecule has 0 fully saturated rings. The fraction of sp³-hybridized carbons (Fsp3) is 0.333. The molecule has 0 saturated heterocycles. The number of nitrogens with one attached hydrogen (secondary N) is 2. The summed E-state index contributed by atoms with van der Waals surface area (Å²) in [5.41, 5.74) is 5.50. The van der Waals surface area contributed by atoms with E-state index in [1.807, 2.05) is 44.2 Å². The molecule has 27 heavy (non-hydrogen) atoms. The molecule has 1 aromatic carbocycles. The van der Waals surface area contributed by atoms with E-state index in [-0.39, 0.29) is 18.2 Å². The van der Waals surface area contributed by atoms with Gasteiger partial charge in [0.1, 0.15) is 0 Å². The average Bonchev–Trinajstić information content (AvgIpc) is 3.08. The Labute approximate surface area is 164 Å². The van der Waals surface area contributed by atoms with E-state index in [9.17, 15) is 9.59 Å². The van der Waals surface area contributed by atoms with Crippen LogP contribution in [-0.2, 0) is 9.59 Å². The first-order valence-corrected chi connectivity index (χ1v) is 9.92. The molecule has 0 saturated carbocycles. The normalized spacial score (nSPS) is 11.3. The zero-order chi connectivity index (χ0) is 19.6. The first-order valence-electron chi connectivity index (χ1n) is 9.04. The Balaban J connectivity index is 1.98. The number of hydrogen-bond donors (Lipinski definition) is 3. The fourth-order valence-corrected chi connectivity index (χ4v) is 3.45. The summed E-state index contributed by atoms with van der Waals surface area (Å²) in [6.45, 7) is 4.61. The number of hydrogen-bond acceptors (Lipinski definition) is 4. The van der Waals surface area contributed by atoms with Crippen molar-refractivity contribution < 1.29 is 14.8 Å². The maximum atomic E-state index is 12.8. The van der Waals surface area contributed by atoms with Crippen molar-refractivity contribution in [1.82, 2.24) is 10.8 Å². The maximum Gasteiger partial charge on any atom is 0.251 e. The SMILES string of the molecule is Cc1ccc(C(=Cc2cc(C)cs2)C(=O)NCCCCCC(=O)NO)cc1. The highest BCUT2D eigenvalue weighted by Gasteiger charge is 2.12. The highest BCUT2D eigenvalue weighted by molar-refractivity contribution is 7.11. The number of hydroxylamine groups is 1. The smallest absolute Gasteiger partial charge is 0.251 e. The van der Waals surface area contributed by atoms with E-state index in [0.29, 0.717) is 18.5 Å². The Kier molecular flexibility index (Phi) is 8.23. The van der Waals surface area contributed by atoms with Crippen molar-refractivity contribution >= 4 is 34.8 Å². The number of thiophene rings is 1. The van der Waals surface area contributed by atoms with Crippen LogP contribution in [0.5, 0.6) is 0 Å². The summed E-state index contributed by atoms with van der Waals surface area (Å²) < 4.78 is 0. The van der Waals surface area contributed by atoms with Crippen molar-refractivity contribution in [3.63, 3.8) is 0 Å². The molecule has 2 rings (SSSR count). The first kappa shape index (κ1) is 20.9. The van der Waals surface area contributed by atoms with Crippen LogP contribution in [0.25, 0.3) is 11.6 Å². The highest BCUT2D eigenvalue weighted by atomic mass is 32.1. The van der Waals surface area contributed by atoms with Crippen molar-refractivity contribution in [2.24, 2.45) is 0 Å². The van der Waals surface area contributed by atoms with E-state index in [1.165, 1.54) is 5.56 Å². The van der Waals surface area contributed by atoms with E-state index in [2.05, 4.69) is 16.8 Å². The molecule has 0 radical (unpaired) electrons. The van der Waals surface area contributed by atoms with Gasteiger partial charge in [-0.05, 0) is 55.3 Å². The van der Waals surface area contributed by atoms with Gasteiger partial charge in [0.05, 0.1) is 0 Å². The second kappa shape index (κ2) is 10.6. The van der Waals surface area contributed by atoms with Crippen LogP contribution >= 0.6 is 11.3 Å². The van der Waals surface area contributed by atoms with Gasteiger partial charge in [0.2, 0.25) is 5.91 Å². The molecule has 1 aromatic heterocycles. The Bertz CT molecular complexity index is 794. The minimum Gasteiger partial charge on any atom is -0.352 e. The van der Waals surface area contributed by atoms with E-state index in [0.717, 1.165) is 28.8 Å². The van der Waals surface area contributed by atoms with Crippen LogP contribution in [0.15, 0.2) is 35.7 Å². The Hall–Kier alpha value is -2.44.